The van der Waals surface area contributed by atoms with Gasteiger partial charge < -0.3 is 14.0 Å². The van der Waals surface area contributed by atoms with Crippen molar-refractivity contribution in [2.24, 2.45) is 0 Å². The van der Waals surface area contributed by atoms with Crippen LogP contribution in [-0.4, -0.2) is 35.8 Å². The van der Waals surface area contributed by atoms with Crippen LogP contribution in [-0.2, 0) is 22.4 Å². The Kier molecular flexibility index (Phi) is 5.32. The molecule has 2 rings (SSSR count). The summed E-state index contributed by atoms with van der Waals surface area (Å²) >= 11 is 0. The summed E-state index contributed by atoms with van der Waals surface area (Å²) in [5.74, 6) is -0.368. The predicted molar refractivity (Wildman–Crippen MR) is 74.5 cm³/mol. The molecule has 0 unspecified atom stereocenters. The van der Waals surface area contributed by atoms with E-state index in [1.165, 1.54) is 11.8 Å². The monoisotopic (exact) mass is 274 g/mol. The van der Waals surface area contributed by atoms with Gasteiger partial charge in [-0.3, -0.25) is 0 Å². The van der Waals surface area contributed by atoms with E-state index in [1.54, 1.807) is 13.4 Å². The number of rotatable bonds is 7. The number of aromatic nitrogens is 2. The van der Waals surface area contributed by atoms with E-state index < -0.39 is 0 Å². The second-order valence-corrected chi connectivity index (χ2v) is 4.34. The van der Waals surface area contributed by atoms with E-state index in [-0.39, 0.29) is 12.6 Å². The maximum atomic E-state index is 11.9. The number of carbonyl (C=O) groups is 1. The van der Waals surface area contributed by atoms with Crippen LogP contribution in [0.3, 0.4) is 0 Å². The SMILES string of the molecule is COCCOC(=O)c1cncn1CCc1ccccc1. The Balaban J connectivity index is 1.93. The first-order valence-electron chi connectivity index (χ1n) is 6.51. The van der Waals surface area contributed by atoms with Crippen LogP contribution in [0.2, 0.25) is 0 Å². The van der Waals surface area contributed by atoms with Crippen molar-refractivity contribution in [1.29, 1.82) is 0 Å². The molecule has 5 heteroatoms. The molecule has 0 spiro atoms. The second kappa shape index (κ2) is 7.45. The first kappa shape index (κ1) is 14.3. The molecule has 20 heavy (non-hydrogen) atoms. The van der Waals surface area contributed by atoms with Crippen molar-refractivity contribution in [2.75, 3.05) is 20.3 Å². The maximum absolute atomic E-state index is 11.9. The summed E-state index contributed by atoms with van der Waals surface area (Å²) < 4.78 is 11.7. The predicted octanol–water partition coefficient (Wildman–Crippen LogP) is 1.93. The molecular weight excluding hydrogens is 256 g/mol. The fourth-order valence-electron chi connectivity index (χ4n) is 1.85. The lowest BCUT2D eigenvalue weighted by Gasteiger charge is -2.08. The minimum Gasteiger partial charge on any atom is -0.459 e. The Morgan fingerprint density at radius 1 is 1.25 bits per heavy atom. The lowest BCUT2D eigenvalue weighted by atomic mass is 10.1. The zero-order valence-corrected chi connectivity index (χ0v) is 11.5. The van der Waals surface area contributed by atoms with Gasteiger partial charge in [-0.2, -0.15) is 0 Å². The third-order valence-electron chi connectivity index (χ3n) is 2.93. The van der Waals surface area contributed by atoms with Gasteiger partial charge in [-0.25, -0.2) is 9.78 Å². The van der Waals surface area contributed by atoms with E-state index in [0.29, 0.717) is 18.8 Å². The highest BCUT2D eigenvalue weighted by Crippen LogP contribution is 2.06. The van der Waals surface area contributed by atoms with Gasteiger partial charge in [0.1, 0.15) is 12.3 Å². The molecule has 0 amide bonds. The molecule has 0 bridgehead atoms. The lowest BCUT2D eigenvalue weighted by Crippen LogP contribution is -2.15. The number of aryl methyl sites for hydroxylation is 2. The molecule has 0 aliphatic rings. The number of nitrogens with zero attached hydrogens (tertiary/aromatic N) is 2. The maximum Gasteiger partial charge on any atom is 0.356 e. The summed E-state index contributed by atoms with van der Waals surface area (Å²) in [4.78, 5) is 15.9. The smallest absolute Gasteiger partial charge is 0.356 e. The standard InChI is InChI=1S/C15H18N2O3/c1-19-9-10-20-15(18)14-11-16-12-17(14)8-7-13-5-3-2-4-6-13/h2-6,11-12H,7-10H2,1H3. The molecule has 0 saturated carbocycles. The van der Waals surface area contributed by atoms with Gasteiger partial charge in [0.05, 0.1) is 19.1 Å². The fraction of sp³-hybridized carbons (Fsp3) is 0.333. The molecule has 0 aliphatic heterocycles. The van der Waals surface area contributed by atoms with Crippen molar-refractivity contribution >= 4 is 5.97 Å². The Morgan fingerprint density at radius 2 is 2.05 bits per heavy atom. The van der Waals surface area contributed by atoms with Gasteiger partial charge in [-0.15, -0.1) is 0 Å². The number of benzene rings is 1. The van der Waals surface area contributed by atoms with Crippen LogP contribution >= 0.6 is 0 Å². The number of esters is 1. The van der Waals surface area contributed by atoms with Crippen LogP contribution in [0, 0.1) is 0 Å². The molecule has 2 aromatic rings. The summed E-state index contributed by atoms with van der Waals surface area (Å²) in [5.41, 5.74) is 1.69. The van der Waals surface area contributed by atoms with Gasteiger partial charge in [-0.1, -0.05) is 30.3 Å². The quantitative estimate of drug-likeness (QED) is 0.572. The first-order chi connectivity index (χ1) is 9.81. The highest BCUT2D eigenvalue weighted by atomic mass is 16.6. The molecule has 1 aromatic carbocycles. The average Bonchev–Trinajstić information content (AvgIpc) is 2.95. The largest absolute Gasteiger partial charge is 0.459 e. The Bertz CT molecular complexity index is 537. The molecule has 5 nitrogen and oxygen atoms in total. The van der Waals surface area contributed by atoms with Crippen LogP contribution in [0.25, 0.3) is 0 Å². The Morgan fingerprint density at radius 3 is 2.80 bits per heavy atom. The van der Waals surface area contributed by atoms with Gasteiger partial charge in [0, 0.05) is 13.7 Å². The number of hydrogen-bond donors (Lipinski definition) is 0. The van der Waals surface area contributed by atoms with Crippen LogP contribution in [0.1, 0.15) is 16.1 Å². The van der Waals surface area contributed by atoms with E-state index in [9.17, 15) is 4.79 Å². The molecule has 0 aliphatic carbocycles. The Labute approximate surface area is 118 Å². The lowest BCUT2D eigenvalue weighted by molar-refractivity contribution is 0.0376. The topological polar surface area (TPSA) is 53.4 Å². The van der Waals surface area contributed by atoms with Crippen molar-refractivity contribution in [3.8, 4) is 0 Å². The van der Waals surface area contributed by atoms with Crippen LogP contribution in [0.4, 0.5) is 0 Å². The number of methoxy groups -OCH3 is 1. The van der Waals surface area contributed by atoms with E-state index in [2.05, 4.69) is 17.1 Å². The third kappa shape index (κ3) is 3.93. The second-order valence-electron chi connectivity index (χ2n) is 4.34. The number of imidazole rings is 1. The molecule has 0 N–H and O–H groups in total. The molecule has 106 valence electrons. The highest BCUT2D eigenvalue weighted by Gasteiger charge is 2.12. The van der Waals surface area contributed by atoms with Gasteiger partial charge in [0.2, 0.25) is 0 Å². The molecule has 1 heterocycles. The molecule has 0 saturated heterocycles. The molecule has 0 atom stereocenters. The molecule has 1 aromatic heterocycles. The zero-order valence-electron chi connectivity index (χ0n) is 11.5. The number of ether oxygens (including phenoxy) is 2. The van der Waals surface area contributed by atoms with Crippen molar-refractivity contribution in [3.63, 3.8) is 0 Å². The van der Waals surface area contributed by atoms with Gasteiger partial charge >= 0.3 is 5.97 Å². The van der Waals surface area contributed by atoms with Crippen molar-refractivity contribution in [1.82, 2.24) is 9.55 Å². The van der Waals surface area contributed by atoms with Gasteiger partial charge in [0.25, 0.3) is 0 Å². The van der Waals surface area contributed by atoms with Gasteiger partial charge in [0.15, 0.2) is 0 Å². The fourth-order valence-corrected chi connectivity index (χ4v) is 1.85. The summed E-state index contributed by atoms with van der Waals surface area (Å²) in [7, 11) is 1.57. The van der Waals surface area contributed by atoms with Gasteiger partial charge in [-0.05, 0) is 12.0 Å². The average molecular weight is 274 g/mol. The van der Waals surface area contributed by atoms with Crippen molar-refractivity contribution in [3.05, 3.63) is 54.1 Å². The van der Waals surface area contributed by atoms with E-state index in [0.717, 1.165) is 6.42 Å². The number of carbonyl (C=O) groups excluding carboxylic acids is 1. The van der Waals surface area contributed by atoms with E-state index >= 15 is 0 Å². The molecule has 0 radical (unpaired) electrons. The summed E-state index contributed by atoms with van der Waals surface area (Å²) in [6, 6.07) is 10.1. The molecule has 0 fully saturated rings. The molecular formula is C15H18N2O3. The number of hydrogen-bond acceptors (Lipinski definition) is 4. The summed E-state index contributed by atoms with van der Waals surface area (Å²) in [6.45, 7) is 1.34. The minimum atomic E-state index is -0.368. The zero-order chi connectivity index (χ0) is 14.2. The third-order valence-corrected chi connectivity index (χ3v) is 2.93. The van der Waals surface area contributed by atoms with Crippen LogP contribution < -0.4 is 0 Å². The van der Waals surface area contributed by atoms with E-state index in [1.807, 2.05) is 22.8 Å². The van der Waals surface area contributed by atoms with Crippen LogP contribution in [0.5, 0.6) is 0 Å². The first-order valence-corrected chi connectivity index (χ1v) is 6.51. The van der Waals surface area contributed by atoms with Crippen molar-refractivity contribution < 1.29 is 14.3 Å². The van der Waals surface area contributed by atoms with Crippen molar-refractivity contribution in [2.45, 2.75) is 13.0 Å². The minimum absolute atomic E-state index is 0.249. The normalized spacial score (nSPS) is 10.4. The van der Waals surface area contributed by atoms with E-state index in [4.69, 9.17) is 9.47 Å². The summed E-state index contributed by atoms with van der Waals surface area (Å²) in [6.07, 6.45) is 4.02. The highest BCUT2D eigenvalue weighted by molar-refractivity contribution is 5.87. The Hall–Kier alpha value is -2.14. The van der Waals surface area contributed by atoms with Crippen LogP contribution in [0.15, 0.2) is 42.9 Å². The summed E-state index contributed by atoms with van der Waals surface area (Å²) in [5, 5.41) is 0.